The second-order valence-corrected chi connectivity index (χ2v) is 8.03. The van der Waals surface area contributed by atoms with E-state index in [0.717, 1.165) is 11.4 Å². The van der Waals surface area contributed by atoms with Gasteiger partial charge in [0.05, 0.1) is 17.1 Å². The Morgan fingerprint density at radius 2 is 1.92 bits per heavy atom. The van der Waals surface area contributed by atoms with E-state index in [4.69, 9.17) is 4.74 Å². The van der Waals surface area contributed by atoms with E-state index in [2.05, 4.69) is 9.71 Å². The van der Waals surface area contributed by atoms with E-state index in [1.807, 2.05) is 25.1 Å². The molecule has 0 unspecified atom stereocenters. The van der Waals surface area contributed by atoms with Crippen molar-refractivity contribution in [1.82, 2.24) is 9.71 Å². The third-order valence-electron chi connectivity index (χ3n) is 3.53. The number of benzene rings is 1. The number of sulfonamides is 1. The van der Waals surface area contributed by atoms with Crippen molar-refractivity contribution >= 4 is 16.0 Å². The zero-order valence-corrected chi connectivity index (χ0v) is 16.0. The quantitative estimate of drug-likeness (QED) is 0.566. The molecule has 0 atom stereocenters. The van der Waals surface area contributed by atoms with Gasteiger partial charge in [0.15, 0.2) is 0 Å². The number of hydrogen-bond acceptors (Lipinski definition) is 5. The maximum absolute atomic E-state index is 12.2. The molecule has 6 nitrogen and oxygen atoms in total. The molecule has 2 rings (SSSR count). The molecule has 1 heterocycles. The summed E-state index contributed by atoms with van der Waals surface area (Å²) < 4.78 is 32.1. The molecule has 1 N–H and O–H groups in total. The highest BCUT2D eigenvalue weighted by Crippen LogP contribution is 2.13. The van der Waals surface area contributed by atoms with Gasteiger partial charge in [-0.2, -0.15) is 0 Å². The number of nitrogens with zero attached hydrogens (tertiary/aromatic N) is 1. The smallest absolute Gasteiger partial charge is 0.338 e. The second kappa shape index (κ2) is 8.91. The summed E-state index contributed by atoms with van der Waals surface area (Å²) in [6, 6.07) is 11.4. The normalized spacial score (nSPS) is 11.5. The van der Waals surface area contributed by atoms with E-state index >= 15 is 0 Å². The number of esters is 1. The Kier molecular flexibility index (Phi) is 6.88. The van der Waals surface area contributed by atoms with Crippen LogP contribution >= 0.6 is 0 Å². The van der Waals surface area contributed by atoms with Crippen molar-refractivity contribution in [3.8, 4) is 0 Å². The molecular weight excluding hydrogens is 352 g/mol. The van der Waals surface area contributed by atoms with Crippen LogP contribution in [-0.2, 0) is 21.2 Å². The fourth-order valence-electron chi connectivity index (χ4n) is 2.41. The monoisotopic (exact) mass is 376 g/mol. The van der Waals surface area contributed by atoms with Crippen LogP contribution in [0.3, 0.4) is 0 Å². The van der Waals surface area contributed by atoms with Crippen molar-refractivity contribution in [2.75, 3.05) is 6.61 Å². The topological polar surface area (TPSA) is 85.4 Å². The molecule has 0 saturated heterocycles. The number of ether oxygens (including phenoxy) is 1. The van der Waals surface area contributed by atoms with Gasteiger partial charge in [-0.1, -0.05) is 12.1 Å². The summed E-state index contributed by atoms with van der Waals surface area (Å²) in [4.78, 5) is 16.6. The highest BCUT2D eigenvalue weighted by atomic mass is 32.2. The molecule has 140 valence electrons. The third kappa shape index (κ3) is 5.93. The van der Waals surface area contributed by atoms with Crippen molar-refractivity contribution in [3.63, 3.8) is 0 Å². The minimum Gasteiger partial charge on any atom is -0.462 e. The van der Waals surface area contributed by atoms with E-state index in [9.17, 15) is 13.2 Å². The molecule has 0 aliphatic carbocycles. The molecule has 0 saturated carbocycles. The van der Waals surface area contributed by atoms with Gasteiger partial charge in [-0.15, -0.1) is 0 Å². The molecule has 0 amide bonds. The lowest BCUT2D eigenvalue weighted by Crippen LogP contribution is -2.30. The zero-order chi connectivity index (χ0) is 19.2. The summed E-state index contributed by atoms with van der Waals surface area (Å²) in [6.45, 7) is 5.64. The number of hydrogen-bond donors (Lipinski definition) is 1. The Morgan fingerprint density at radius 3 is 2.62 bits per heavy atom. The van der Waals surface area contributed by atoms with E-state index in [1.165, 1.54) is 18.2 Å². The lowest BCUT2D eigenvalue weighted by molar-refractivity contribution is 0.0500. The first-order valence-electron chi connectivity index (χ1n) is 8.50. The van der Waals surface area contributed by atoms with Crippen LogP contribution in [0.25, 0.3) is 0 Å². The Balaban J connectivity index is 1.92. The second-order valence-electron chi connectivity index (χ2n) is 6.31. The number of carbonyl (C=O) groups is 1. The Labute approximate surface area is 154 Å². The Bertz CT molecular complexity index is 863. The minimum atomic E-state index is -3.65. The molecule has 1 aromatic heterocycles. The SMILES string of the molecule is Cc1cccc(CCCOC(=O)c2cccc(S(=O)(=O)NC(C)C)c2)n1. The summed E-state index contributed by atoms with van der Waals surface area (Å²) in [5.74, 6) is -0.538. The number of aryl methyl sites for hydroxylation is 2. The average Bonchev–Trinajstić information content (AvgIpc) is 2.57. The Morgan fingerprint density at radius 1 is 1.19 bits per heavy atom. The largest absolute Gasteiger partial charge is 0.462 e. The first kappa shape index (κ1) is 20.1. The van der Waals surface area contributed by atoms with Crippen LogP contribution in [0.1, 0.15) is 42.0 Å². The van der Waals surface area contributed by atoms with Crippen LogP contribution in [0.5, 0.6) is 0 Å². The number of aromatic nitrogens is 1. The van der Waals surface area contributed by atoms with Crippen molar-refractivity contribution in [3.05, 3.63) is 59.4 Å². The summed E-state index contributed by atoms with van der Waals surface area (Å²) >= 11 is 0. The van der Waals surface area contributed by atoms with Crippen LogP contribution in [0.4, 0.5) is 0 Å². The van der Waals surface area contributed by atoms with E-state index in [0.29, 0.717) is 12.8 Å². The van der Waals surface area contributed by atoms with Crippen molar-refractivity contribution in [2.24, 2.45) is 0 Å². The number of pyridine rings is 1. The maximum atomic E-state index is 12.2. The standard InChI is InChI=1S/C19H24N2O4S/c1-14(2)21-26(23,24)18-11-5-8-16(13-18)19(22)25-12-6-10-17-9-4-7-15(3)20-17/h4-5,7-9,11,13-14,21H,6,10,12H2,1-3H3. The molecule has 0 aliphatic heterocycles. The van der Waals surface area contributed by atoms with Crippen LogP contribution in [0.15, 0.2) is 47.4 Å². The van der Waals surface area contributed by atoms with Crippen LogP contribution in [-0.4, -0.2) is 32.0 Å². The van der Waals surface area contributed by atoms with Crippen LogP contribution < -0.4 is 4.72 Å². The van der Waals surface area contributed by atoms with Gasteiger partial charge in [-0.3, -0.25) is 4.98 Å². The summed E-state index contributed by atoms with van der Waals surface area (Å²) in [5.41, 5.74) is 2.12. The number of nitrogens with one attached hydrogen (secondary N) is 1. The molecule has 7 heteroatoms. The van der Waals surface area contributed by atoms with Gasteiger partial charge in [0.2, 0.25) is 10.0 Å². The molecule has 26 heavy (non-hydrogen) atoms. The van der Waals surface area contributed by atoms with E-state index < -0.39 is 16.0 Å². The van der Waals surface area contributed by atoms with Gasteiger partial charge in [0, 0.05) is 17.4 Å². The van der Waals surface area contributed by atoms with Gasteiger partial charge in [-0.05, 0) is 63.9 Å². The van der Waals surface area contributed by atoms with Gasteiger partial charge in [0.1, 0.15) is 0 Å². The predicted octanol–water partition coefficient (Wildman–Crippen LogP) is 2.87. The van der Waals surface area contributed by atoms with Crippen molar-refractivity contribution in [2.45, 2.75) is 44.6 Å². The molecule has 0 spiro atoms. The van der Waals surface area contributed by atoms with Crippen LogP contribution in [0.2, 0.25) is 0 Å². The molecule has 1 aromatic carbocycles. The highest BCUT2D eigenvalue weighted by molar-refractivity contribution is 7.89. The molecule has 0 aliphatic rings. The first-order chi connectivity index (χ1) is 12.3. The highest BCUT2D eigenvalue weighted by Gasteiger charge is 2.17. The van der Waals surface area contributed by atoms with Gasteiger partial charge < -0.3 is 4.74 Å². The molecule has 0 radical (unpaired) electrons. The predicted molar refractivity (Wildman–Crippen MR) is 99.5 cm³/mol. The number of carbonyl (C=O) groups excluding carboxylic acids is 1. The summed E-state index contributed by atoms with van der Waals surface area (Å²) in [7, 11) is -3.65. The van der Waals surface area contributed by atoms with Crippen molar-refractivity contribution < 1.29 is 17.9 Å². The van der Waals surface area contributed by atoms with Gasteiger partial charge in [-0.25, -0.2) is 17.9 Å². The maximum Gasteiger partial charge on any atom is 0.338 e. The molecular formula is C19H24N2O4S. The third-order valence-corrected chi connectivity index (χ3v) is 5.18. The fourth-order valence-corrected chi connectivity index (χ4v) is 3.71. The van der Waals surface area contributed by atoms with E-state index in [-0.39, 0.29) is 23.1 Å². The summed E-state index contributed by atoms with van der Waals surface area (Å²) in [6.07, 6.45) is 1.36. The fraction of sp³-hybridized carbons (Fsp3) is 0.368. The average molecular weight is 376 g/mol. The van der Waals surface area contributed by atoms with Crippen molar-refractivity contribution in [1.29, 1.82) is 0 Å². The summed E-state index contributed by atoms with van der Waals surface area (Å²) in [5, 5.41) is 0. The molecule has 2 aromatic rings. The lowest BCUT2D eigenvalue weighted by Gasteiger charge is -2.10. The zero-order valence-electron chi connectivity index (χ0n) is 15.2. The molecule has 0 fully saturated rings. The Hall–Kier alpha value is -2.25. The van der Waals surface area contributed by atoms with E-state index in [1.54, 1.807) is 19.9 Å². The van der Waals surface area contributed by atoms with Crippen LogP contribution in [0, 0.1) is 6.92 Å². The first-order valence-corrected chi connectivity index (χ1v) is 9.98. The number of rotatable bonds is 8. The lowest BCUT2D eigenvalue weighted by atomic mass is 10.2. The molecule has 0 bridgehead atoms. The minimum absolute atomic E-state index is 0.0459. The van der Waals surface area contributed by atoms with Gasteiger partial charge in [0.25, 0.3) is 0 Å². The van der Waals surface area contributed by atoms with Gasteiger partial charge >= 0.3 is 5.97 Å².